The molecule has 0 saturated carbocycles. The molecule has 25 heavy (non-hydrogen) atoms. The third-order valence-electron chi connectivity index (χ3n) is 4.63. The van der Waals surface area contributed by atoms with E-state index < -0.39 is 0 Å². The summed E-state index contributed by atoms with van der Waals surface area (Å²) in [4.78, 5) is 26.3. The first-order valence-corrected chi connectivity index (χ1v) is 8.82. The largest absolute Gasteiger partial charge is 0.356 e. The molecule has 1 N–H and O–H groups in total. The number of benzene rings is 2. The minimum atomic E-state index is -0.259. The van der Waals surface area contributed by atoms with Gasteiger partial charge in [0.05, 0.1) is 5.92 Å². The van der Waals surface area contributed by atoms with Crippen LogP contribution in [0.25, 0.3) is 0 Å². The first-order valence-electron chi connectivity index (χ1n) is 8.82. The molecule has 1 aliphatic rings. The van der Waals surface area contributed by atoms with Gasteiger partial charge in [-0.15, -0.1) is 0 Å². The van der Waals surface area contributed by atoms with Gasteiger partial charge in [-0.1, -0.05) is 48.0 Å². The number of carbonyl (C=O) groups excluding carboxylic acids is 2. The van der Waals surface area contributed by atoms with E-state index in [0.717, 1.165) is 24.1 Å². The third kappa shape index (κ3) is 4.47. The maximum absolute atomic E-state index is 12.3. The zero-order valence-corrected chi connectivity index (χ0v) is 14.6. The van der Waals surface area contributed by atoms with Gasteiger partial charge in [0.25, 0.3) is 0 Å². The second kappa shape index (κ2) is 7.97. The van der Waals surface area contributed by atoms with Gasteiger partial charge in [-0.3, -0.25) is 9.59 Å². The number of rotatable bonds is 6. The molecule has 1 fully saturated rings. The van der Waals surface area contributed by atoms with Crippen molar-refractivity contribution in [1.29, 1.82) is 0 Å². The number of hydrogen-bond donors (Lipinski definition) is 1. The Hall–Kier alpha value is -2.62. The Balaban J connectivity index is 1.46. The van der Waals surface area contributed by atoms with Crippen molar-refractivity contribution in [1.82, 2.24) is 5.32 Å². The molecule has 0 aliphatic carbocycles. The van der Waals surface area contributed by atoms with Crippen LogP contribution in [0.1, 0.15) is 24.0 Å². The average molecular weight is 336 g/mol. The van der Waals surface area contributed by atoms with Gasteiger partial charge in [-0.25, -0.2) is 0 Å². The van der Waals surface area contributed by atoms with Crippen LogP contribution in [0.3, 0.4) is 0 Å². The van der Waals surface area contributed by atoms with Gasteiger partial charge >= 0.3 is 0 Å². The topological polar surface area (TPSA) is 49.4 Å². The van der Waals surface area contributed by atoms with E-state index in [9.17, 15) is 9.59 Å². The lowest BCUT2D eigenvalue weighted by Crippen LogP contribution is -2.33. The van der Waals surface area contributed by atoms with Crippen LogP contribution in [0.15, 0.2) is 54.6 Å². The number of anilines is 1. The fourth-order valence-electron chi connectivity index (χ4n) is 3.15. The van der Waals surface area contributed by atoms with Crippen LogP contribution in [0.4, 0.5) is 5.69 Å². The standard InChI is InChI=1S/C21H24N2O2/c1-16-9-11-19(12-10-16)23-15-18(14-20(23)24)21(25)22-13-5-8-17-6-3-2-4-7-17/h2-4,6-7,9-12,18H,5,8,13-15H2,1H3,(H,22,25). The summed E-state index contributed by atoms with van der Waals surface area (Å²) < 4.78 is 0. The zero-order valence-electron chi connectivity index (χ0n) is 14.6. The Kier molecular flexibility index (Phi) is 5.49. The summed E-state index contributed by atoms with van der Waals surface area (Å²) in [6.45, 7) is 3.12. The van der Waals surface area contributed by atoms with Crippen molar-refractivity contribution in [2.45, 2.75) is 26.2 Å². The Labute approximate surface area is 148 Å². The van der Waals surface area contributed by atoms with Crippen molar-refractivity contribution < 1.29 is 9.59 Å². The summed E-state index contributed by atoms with van der Waals surface area (Å²) in [5, 5.41) is 2.98. The summed E-state index contributed by atoms with van der Waals surface area (Å²) in [7, 11) is 0. The number of carbonyl (C=O) groups is 2. The first-order chi connectivity index (χ1) is 12.1. The van der Waals surface area contributed by atoms with E-state index in [1.165, 1.54) is 5.56 Å². The van der Waals surface area contributed by atoms with Crippen LogP contribution in [0, 0.1) is 12.8 Å². The molecule has 1 aliphatic heterocycles. The lowest BCUT2D eigenvalue weighted by atomic mass is 10.1. The van der Waals surface area contributed by atoms with E-state index in [2.05, 4.69) is 17.4 Å². The van der Waals surface area contributed by atoms with Gasteiger partial charge < -0.3 is 10.2 Å². The normalized spacial score (nSPS) is 16.9. The molecule has 2 aromatic rings. The van der Waals surface area contributed by atoms with Gasteiger partial charge in [-0.2, -0.15) is 0 Å². The Morgan fingerprint density at radius 1 is 1.12 bits per heavy atom. The van der Waals surface area contributed by atoms with E-state index in [4.69, 9.17) is 0 Å². The molecule has 0 bridgehead atoms. The predicted octanol–water partition coefficient (Wildman–Crippen LogP) is 3.10. The lowest BCUT2D eigenvalue weighted by molar-refractivity contribution is -0.126. The predicted molar refractivity (Wildman–Crippen MR) is 99.4 cm³/mol. The fraction of sp³-hybridized carbons (Fsp3) is 0.333. The average Bonchev–Trinajstić information content (AvgIpc) is 3.02. The molecule has 1 saturated heterocycles. The van der Waals surface area contributed by atoms with E-state index in [0.29, 0.717) is 19.5 Å². The van der Waals surface area contributed by atoms with E-state index in [-0.39, 0.29) is 17.7 Å². The van der Waals surface area contributed by atoms with Gasteiger partial charge in [-0.05, 0) is 37.5 Å². The number of nitrogens with zero attached hydrogens (tertiary/aromatic N) is 1. The van der Waals surface area contributed by atoms with Crippen LogP contribution >= 0.6 is 0 Å². The zero-order chi connectivity index (χ0) is 17.6. The summed E-state index contributed by atoms with van der Waals surface area (Å²) in [5.41, 5.74) is 3.30. The number of amides is 2. The lowest BCUT2D eigenvalue weighted by Gasteiger charge is -2.17. The van der Waals surface area contributed by atoms with Crippen LogP contribution in [0.2, 0.25) is 0 Å². The van der Waals surface area contributed by atoms with Gasteiger partial charge in [0, 0.05) is 25.2 Å². The first kappa shape index (κ1) is 17.2. The van der Waals surface area contributed by atoms with E-state index in [1.807, 2.05) is 49.4 Å². The Morgan fingerprint density at radius 3 is 2.56 bits per heavy atom. The molecule has 4 nitrogen and oxygen atoms in total. The van der Waals surface area contributed by atoms with E-state index in [1.54, 1.807) is 4.90 Å². The molecule has 0 spiro atoms. The molecule has 1 heterocycles. The monoisotopic (exact) mass is 336 g/mol. The van der Waals surface area contributed by atoms with Crippen LogP contribution in [-0.2, 0) is 16.0 Å². The highest BCUT2D eigenvalue weighted by atomic mass is 16.2. The molecule has 0 radical (unpaired) electrons. The minimum Gasteiger partial charge on any atom is -0.356 e. The Bertz CT molecular complexity index is 725. The second-order valence-electron chi connectivity index (χ2n) is 6.62. The van der Waals surface area contributed by atoms with Crippen molar-refractivity contribution in [3.05, 3.63) is 65.7 Å². The highest BCUT2D eigenvalue weighted by Crippen LogP contribution is 2.25. The maximum atomic E-state index is 12.3. The molecule has 1 unspecified atom stereocenters. The van der Waals surface area contributed by atoms with Gasteiger partial charge in [0.1, 0.15) is 0 Å². The molecular formula is C21H24N2O2. The number of nitrogens with one attached hydrogen (secondary N) is 1. The molecule has 3 rings (SSSR count). The molecular weight excluding hydrogens is 312 g/mol. The van der Waals surface area contributed by atoms with Crippen molar-refractivity contribution in [3.8, 4) is 0 Å². The SMILES string of the molecule is Cc1ccc(N2CC(C(=O)NCCCc3ccccc3)CC2=O)cc1. The number of aryl methyl sites for hydroxylation is 2. The molecule has 4 heteroatoms. The third-order valence-corrected chi connectivity index (χ3v) is 4.63. The molecule has 2 aromatic carbocycles. The summed E-state index contributed by atoms with van der Waals surface area (Å²) in [5.74, 6) is -0.255. The summed E-state index contributed by atoms with van der Waals surface area (Å²) in [6, 6.07) is 18.1. The van der Waals surface area contributed by atoms with E-state index >= 15 is 0 Å². The van der Waals surface area contributed by atoms with Crippen LogP contribution in [-0.4, -0.2) is 24.9 Å². The molecule has 2 amide bonds. The minimum absolute atomic E-state index is 0.0176. The van der Waals surface area contributed by atoms with Crippen LogP contribution in [0.5, 0.6) is 0 Å². The number of hydrogen-bond acceptors (Lipinski definition) is 2. The highest BCUT2D eigenvalue weighted by molar-refractivity contribution is 6.00. The Morgan fingerprint density at radius 2 is 1.84 bits per heavy atom. The second-order valence-corrected chi connectivity index (χ2v) is 6.62. The van der Waals surface area contributed by atoms with Crippen molar-refractivity contribution in [3.63, 3.8) is 0 Å². The molecule has 1 atom stereocenters. The summed E-state index contributed by atoms with van der Waals surface area (Å²) >= 11 is 0. The smallest absolute Gasteiger partial charge is 0.227 e. The highest BCUT2D eigenvalue weighted by Gasteiger charge is 2.34. The van der Waals surface area contributed by atoms with Gasteiger partial charge in [0.15, 0.2) is 0 Å². The quantitative estimate of drug-likeness (QED) is 0.824. The van der Waals surface area contributed by atoms with Crippen molar-refractivity contribution >= 4 is 17.5 Å². The molecule has 130 valence electrons. The van der Waals surface area contributed by atoms with Crippen LogP contribution < -0.4 is 10.2 Å². The van der Waals surface area contributed by atoms with Crippen molar-refractivity contribution in [2.75, 3.05) is 18.0 Å². The molecule has 0 aromatic heterocycles. The fourth-order valence-corrected chi connectivity index (χ4v) is 3.15. The van der Waals surface area contributed by atoms with Crippen molar-refractivity contribution in [2.24, 2.45) is 5.92 Å². The van der Waals surface area contributed by atoms with Gasteiger partial charge in [0.2, 0.25) is 11.8 Å². The summed E-state index contributed by atoms with van der Waals surface area (Å²) in [6.07, 6.45) is 2.14. The maximum Gasteiger partial charge on any atom is 0.227 e.